The van der Waals surface area contributed by atoms with Gasteiger partial charge in [0.2, 0.25) is 0 Å². The Hall–Kier alpha value is -2.07. The molecule has 0 bridgehead atoms. The summed E-state index contributed by atoms with van der Waals surface area (Å²) < 4.78 is 7.73. The number of hydrogen-bond donors (Lipinski definition) is 1. The van der Waals surface area contributed by atoms with E-state index in [1.807, 2.05) is 0 Å². The van der Waals surface area contributed by atoms with Crippen molar-refractivity contribution in [2.24, 2.45) is 11.8 Å². The maximum atomic E-state index is 13.2. The molecule has 1 aromatic heterocycles. The molecule has 2 heterocycles. The van der Waals surface area contributed by atoms with Crippen LogP contribution in [0.3, 0.4) is 0 Å². The number of amides is 1. The zero-order valence-corrected chi connectivity index (χ0v) is 22.9. The molecule has 4 rings (SSSR count). The minimum absolute atomic E-state index is 0.0338. The van der Waals surface area contributed by atoms with Gasteiger partial charge >= 0.3 is 0 Å². The summed E-state index contributed by atoms with van der Waals surface area (Å²) >= 11 is 0. The van der Waals surface area contributed by atoms with Crippen LogP contribution in [0.2, 0.25) is 0 Å². The van der Waals surface area contributed by atoms with E-state index in [2.05, 4.69) is 75.7 Å². The third-order valence-electron chi connectivity index (χ3n) is 7.91. The van der Waals surface area contributed by atoms with E-state index in [0.717, 1.165) is 24.2 Å². The first-order valence-electron chi connectivity index (χ1n) is 13.9. The number of hydrogen-bond acceptors (Lipinski definition) is 2. The van der Waals surface area contributed by atoms with E-state index in [1.165, 1.54) is 60.9 Å². The fraction of sp³-hybridized carbons (Fsp3) is 0.645. The molecule has 0 atom stereocenters. The topological polar surface area (TPSA) is 43.3 Å². The Morgan fingerprint density at radius 2 is 1.80 bits per heavy atom. The van der Waals surface area contributed by atoms with Crippen molar-refractivity contribution in [3.8, 4) is 11.3 Å². The molecule has 0 unspecified atom stereocenters. The van der Waals surface area contributed by atoms with Gasteiger partial charge in [0.1, 0.15) is 0 Å². The molecule has 192 valence electrons. The molecule has 1 saturated carbocycles. The molecule has 2 aliphatic rings. The van der Waals surface area contributed by atoms with E-state index in [1.54, 1.807) is 0 Å². The summed E-state index contributed by atoms with van der Waals surface area (Å²) in [7, 11) is 0. The van der Waals surface area contributed by atoms with Gasteiger partial charge in [-0.3, -0.25) is 4.79 Å². The van der Waals surface area contributed by atoms with Crippen LogP contribution in [0, 0.1) is 18.8 Å². The zero-order chi connectivity index (χ0) is 25.2. The molecule has 4 heteroatoms. The van der Waals surface area contributed by atoms with Gasteiger partial charge in [0.25, 0.3) is 5.91 Å². The quantitative estimate of drug-likeness (QED) is 0.441. The number of aryl methyl sites for hydroxylation is 1. The maximum absolute atomic E-state index is 13.2. The van der Waals surface area contributed by atoms with Gasteiger partial charge in [-0.15, -0.1) is 0 Å². The predicted octanol–water partition coefficient (Wildman–Crippen LogP) is 7.06. The van der Waals surface area contributed by atoms with Crippen LogP contribution in [0.5, 0.6) is 0 Å². The largest absolute Gasteiger partial charge is 0.377 e. The number of nitrogens with zero attached hydrogens (tertiary/aromatic N) is 1. The van der Waals surface area contributed by atoms with Crippen molar-refractivity contribution in [3.63, 3.8) is 0 Å². The molecule has 2 fully saturated rings. The molecule has 1 N–H and O–H groups in total. The smallest absolute Gasteiger partial charge is 0.253 e. The summed E-state index contributed by atoms with van der Waals surface area (Å²) in [5, 5.41) is 3.17. The monoisotopic (exact) mass is 478 g/mol. The molecule has 1 aromatic carbocycles. The van der Waals surface area contributed by atoms with Crippen LogP contribution >= 0.6 is 0 Å². The highest BCUT2D eigenvalue weighted by atomic mass is 16.5. The summed E-state index contributed by atoms with van der Waals surface area (Å²) in [6, 6.07) is 9.44. The first-order chi connectivity index (χ1) is 16.6. The van der Waals surface area contributed by atoms with E-state index in [0.29, 0.717) is 25.0 Å². The van der Waals surface area contributed by atoms with Crippen molar-refractivity contribution in [2.75, 3.05) is 13.2 Å². The molecule has 0 spiro atoms. The van der Waals surface area contributed by atoms with Crippen LogP contribution < -0.4 is 5.32 Å². The minimum atomic E-state index is 0.0338. The Labute approximate surface area is 212 Å². The molecule has 35 heavy (non-hydrogen) atoms. The van der Waals surface area contributed by atoms with Crippen molar-refractivity contribution >= 4 is 5.91 Å². The Balaban J connectivity index is 1.76. The lowest BCUT2D eigenvalue weighted by atomic mass is 9.84. The fourth-order valence-corrected chi connectivity index (χ4v) is 5.43. The van der Waals surface area contributed by atoms with Gasteiger partial charge in [-0.05, 0) is 84.7 Å². The number of carbonyl (C=O) groups excluding carboxylic acids is 1. The van der Waals surface area contributed by atoms with Crippen molar-refractivity contribution in [1.29, 1.82) is 0 Å². The molecular formula is C31H46N2O2. The number of ether oxygens (including phenoxy) is 1. The van der Waals surface area contributed by atoms with Crippen molar-refractivity contribution in [2.45, 2.75) is 104 Å². The van der Waals surface area contributed by atoms with Crippen LogP contribution in [0.15, 0.2) is 24.3 Å². The third kappa shape index (κ3) is 6.39. The van der Waals surface area contributed by atoms with E-state index in [9.17, 15) is 4.79 Å². The van der Waals surface area contributed by atoms with Gasteiger partial charge in [-0.2, -0.15) is 0 Å². The summed E-state index contributed by atoms with van der Waals surface area (Å²) in [6.45, 7) is 15.9. The van der Waals surface area contributed by atoms with Crippen LogP contribution in [0.25, 0.3) is 11.3 Å². The molecule has 1 aliphatic heterocycles. The maximum Gasteiger partial charge on any atom is 0.253 e. The Bertz CT molecular complexity index is 1020. The number of aromatic nitrogens is 1. The van der Waals surface area contributed by atoms with E-state index in [4.69, 9.17) is 4.74 Å². The highest BCUT2D eigenvalue weighted by Gasteiger charge is 2.26. The second-order valence-corrected chi connectivity index (χ2v) is 12.5. The molecule has 0 radical (unpaired) electrons. The lowest BCUT2D eigenvalue weighted by Gasteiger charge is -2.27. The SMILES string of the molecule is Cc1c(C(=O)NC2COC2)cc(-c2cc(CCC(C)C)cc(C(C)(C)C)c2)n1CC1CCCCC1. The fourth-order valence-electron chi connectivity index (χ4n) is 5.43. The van der Waals surface area contributed by atoms with Crippen molar-refractivity contribution < 1.29 is 9.53 Å². The second-order valence-electron chi connectivity index (χ2n) is 12.5. The van der Waals surface area contributed by atoms with Gasteiger partial charge < -0.3 is 14.6 Å². The van der Waals surface area contributed by atoms with Gasteiger partial charge in [0.15, 0.2) is 0 Å². The Morgan fingerprint density at radius 3 is 2.40 bits per heavy atom. The summed E-state index contributed by atoms with van der Waals surface area (Å²) in [5.41, 5.74) is 7.20. The van der Waals surface area contributed by atoms with E-state index in [-0.39, 0.29) is 17.4 Å². The summed E-state index contributed by atoms with van der Waals surface area (Å²) in [5.74, 6) is 1.40. The molecule has 1 aliphatic carbocycles. The number of benzene rings is 1. The molecule has 2 aromatic rings. The number of nitrogens with one attached hydrogen (secondary N) is 1. The van der Waals surface area contributed by atoms with Crippen molar-refractivity contribution in [3.05, 3.63) is 46.6 Å². The normalized spacial score (nSPS) is 17.6. The molecule has 1 saturated heterocycles. The van der Waals surface area contributed by atoms with Gasteiger partial charge in [-0.25, -0.2) is 0 Å². The number of carbonyl (C=O) groups is 1. The number of rotatable bonds is 8. The third-order valence-corrected chi connectivity index (χ3v) is 7.91. The second kappa shape index (κ2) is 10.9. The lowest BCUT2D eigenvalue weighted by Crippen LogP contribution is -2.48. The predicted molar refractivity (Wildman–Crippen MR) is 145 cm³/mol. The highest BCUT2D eigenvalue weighted by molar-refractivity contribution is 5.97. The van der Waals surface area contributed by atoms with Crippen molar-refractivity contribution in [1.82, 2.24) is 9.88 Å². The van der Waals surface area contributed by atoms with Crippen LogP contribution in [-0.2, 0) is 23.1 Å². The average molecular weight is 479 g/mol. The zero-order valence-electron chi connectivity index (χ0n) is 22.9. The van der Waals surface area contributed by atoms with Gasteiger partial charge in [0.05, 0.1) is 24.8 Å². The molecule has 1 amide bonds. The summed E-state index contributed by atoms with van der Waals surface area (Å²) in [6.07, 6.45) is 8.87. The van der Waals surface area contributed by atoms with Gasteiger partial charge in [-0.1, -0.05) is 59.9 Å². The van der Waals surface area contributed by atoms with E-state index >= 15 is 0 Å². The standard InChI is InChI=1S/C31H46N2O2/c1-21(2)12-13-24-14-25(16-26(15-24)31(4,5)6)29-17-28(30(34)32-27-19-35-20-27)22(3)33(29)18-23-10-8-7-9-11-23/h14-17,21,23,27H,7-13,18-20H2,1-6H3,(H,32,34). The minimum Gasteiger partial charge on any atom is -0.377 e. The van der Waals surface area contributed by atoms with Gasteiger partial charge in [0, 0.05) is 17.9 Å². The summed E-state index contributed by atoms with van der Waals surface area (Å²) in [4.78, 5) is 13.2. The molecule has 4 nitrogen and oxygen atoms in total. The Kier molecular flexibility index (Phi) is 8.10. The Morgan fingerprint density at radius 1 is 1.09 bits per heavy atom. The van der Waals surface area contributed by atoms with Crippen LogP contribution in [0.4, 0.5) is 0 Å². The molecular weight excluding hydrogens is 432 g/mol. The first kappa shape index (κ1) is 26.0. The van der Waals surface area contributed by atoms with Crippen LogP contribution in [-0.4, -0.2) is 29.7 Å². The lowest BCUT2D eigenvalue weighted by molar-refractivity contribution is -0.00347. The first-order valence-corrected chi connectivity index (χ1v) is 13.9. The van der Waals surface area contributed by atoms with E-state index < -0.39 is 0 Å². The van der Waals surface area contributed by atoms with Crippen LogP contribution in [0.1, 0.15) is 100 Å². The average Bonchev–Trinajstić information content (AvgIpc) is 3.11. The highest BCUT2D eigenvalue weighted by Crippen LogP contribution is 2.35.